The van der Waals surface area contributed by atoms with E-state index in [0.29, 0.717) is 47.6 Å². The van der Waals surface area contributed by atoms with E-state index in [9.17, 15) is 14.0 Å². The lowest BCUT2D eigenvalue weighted by molar-refractivity contribution is -0.156. The maximum Gasteiger partial charge on any atom is 0.235 e. The molecule has 1 atom stereocenters. The van der Waals surface area contributed by atoms with Crippen molar-refractivity contribution in [3.8, 4) is 11.1 Å². The van der Waals surface area contributed by atoms with Gasteiger partial charge in [0.1, 0.15) is 17.3 Å². The van der Waals surface area contributed by atoms with Crippen molar-refractivity contribution in [2.24, 2.45) is 0 Å². The Bertz CT molecular complexity index is 924. The summed E-state index contributed by atoms with van der Waals surface area (Å²) in [4.78, 5) is 30.9. The van der Waals surface area contributed by atoms with E-state index >= 15 is 0 Å². The molecule has 2 heterocycles. The van der Waals surface area contributed by atoms with Crippen LogP contribution in [0.1, 0.15) is 24.3 Å². The molecule has 1 amide bonds. The number of hydrogen-bond donors (Lipinski definition) is 1. The smallest absolute Gasteiger partial charge is 0.235 e. The van der Waals surface area contributed by atoms with E-state index in [2.05, 4.69) is 5.32 Å². The van der Waals surface area contributed by atoms with Crippen LogP contribution in [0, 0.1) is 5.82 Å². The van der Waals surface area contributed by atoms with Gasteiger partial charge in [0.05, 0.1) is 7.11 Å². The Labute approximate surface area is 167 Å². The number of nitrogens with zero attached hydrogens (tertiary/aromatic N) is 1. The second kappa shape index (κ2) is 7.28. The fourth-order valence-electron chi connectivity index (χ4n) is 4.07. The van der Waals surface area contributed by atoms with Crippen LogP contribution >= 0.6 is 11.6 Å². The highest BCUT2D eigenvalue weighted by molar-refractivity contribution is 6.30. The van der Waals surface area contributed by atoms with Crippen molar-refractivity contribution >= 4 is 23.3 Å². The summed E-state index contributed by atoms with van der Waals surface area (Å²) >= 11 is 5.80. The summed E-state index contributed by atoms with van der Waals surface area (Å²) in [6, 6.07) is 11.4. The monoisotopic (exact) mass is 402 g/mol. The van der Waals surface area contributed by atoms with Gasteiger partial charge in [0.25, 0.3) is 0 Å². The third-order valence-corrected chi connectivity index (χ3v) is 5.91. The number of piperidine rings is 1. The Morgan fingerprint density at radius 3 is 2.43 bits per heavy atom. The van der Waals surface area contributed by atoms with Crippen LogP contribution in [-0.2, 0) is 14.4 Å². The number of halogens is 2. The van der Waals surface area contributed by atoms with Gasteiger partial charge in [-0.15, -0.1) is 0 Å². The molecule has 2 fully saturated rings. The molecule has 146 valence electrons. The van der Waals surface area contributed by atoms with Crippen molar-refractivity contribution in [2.45, 2.75) is 24.3 Å². The number of Topliss-reactive ketones (excluding diaryl/α,β-unsaturated/α-hetero) is 1. The highest BCUT2D eigenvalue weighted by atomic mass is 35.5. The molecular formula is C21H20ClFN2O3. The molecule has 2 aromatic carbocycles. The topological polar surface area (TPSA) is 58.6 Å². The van der Waals surface area contributed by atoms with Gasteiger partial charge in [-0.2, -0.15) is 5.06 Å². The predicted octanol–water partition coefficient (Wildman–Crippen LogP) is 3.32. The largest absolute Gasteiger partial charge is 0.343 e. The summed E-state index contributed by atoms with van der Waals surface area (Å²) in [6.07, 6.45) is 1.05. The summed E-state index contributed by atoms with van der Waals surface area (Å²) < 4.78 is 14.1. The molecule has 0 radical (unpaired) electrons. The van der Waals surface area contributed by atoms with Crippen LogP contribution < -0.4 is 5.32 Å². The molecule has 2 aromatic rings. The number of carbonyl (C=O) groups excluding carboxylic acids is 2. The van der Waals surface area contributed by atoms with E-state index in [4.69, 9.17) is 16.4 Å². The lowest BCUT2D eigenvalue weighted by Gasteiger charge is -2.36. The standard InChI is InChI=1S/C21H20ClFN2O3/c1-28-25-10-8-21(9-11-25)19(26)18(20(27)24-21)14-4-2-13(3-5-14)16-7-6-15(22)12-17(16)23/h2-7,12,18H,8-11H2,1H3,(H,24,27). The fourth-order valence-corrected chi connectivity index (χ4v) is 4.23. The van der Waals surface area contributed by atoms with Crippen LogP contribution in [0.5, 0.6) is 0 Å². The maximum absolute atomic E-state index is 14.1. The summed E-state index contributed by atoms with van der Waals surface area (Å²) in [5.41, 5.74) is 0.873. The third kappa shape index (κ3) is 3.21. The molecule has 0 aromatic heterocycles. The van der Waals surface area contributed by atoms with E-state index < -0.39 is 17.3 Å². The Balaban J connectivity index is 1.58. The first kappa shape index (κ1) is 19.1. The molecule has 0 saturated carbocycles. The molecule has 2 aliphatic rings. The minimum atomic E-state index is -0.835. The molecule has 1 unspecified atom stereocenters. The van der Waals surface area contributed by atoms with Gasteiger partial charge in [0, 0.05) is 23.7 Å². The zero-order chi connectivity index (χ0) is 19.9. The van der Waals surface area contributed by atoms with Crippen molar-refractivity contribution in [1.82, 2.24) is 10.4 Å². The zero-order valence-corrected chi connectivity index (χ0v) is 16.1. The highest BCUT2D eigenvalue weighted by Gasteiger charge is 2.53. The second-order valence-corrected chi connectivity index (χ2v) is 7.66. The molecule has 1 N–H and O–H groups in total. The number of hydrogen-bond acceptors (Lipinski definition) is 4. The average Bonchev–Trinajstić information content (AvgIpc) is 2.92. The van der Waals surface area contributed by atoms with Gasteiger partial charge in [-0.1, -0.05) is 35.9 Å². The quantitative estimate of drug-likeness (QED) is 0.800. The number of hydroxylamine groups is 2. The highest BCUT2D eigenvalue weighted by Crippen LogP contribution is 2.37. The predicted molar refractivity (Wildman–Crippen MR) is 103 cm³/mol. The summed E-state index contributed by atoms with van der Waals surface area (Å²) in [7, 11) is 1.60. The minimum absolute atomic E-state index is 0.0984. The number of carbonyl (C=O) groups is 2. The summed E-state index contributed by atoms with van der Waals surface area (Å²) in [5.74, 6) is -1.63. The Morgan fingerprint density at radius 2 is 1.82 bits per heavy atom. The lowest BCUT2D eigenvalue weighted by atomic mass is 9.81. The number of ketones is 1. The Kier molecular flexibility index (Phi) is 4.95. The van der Waals surface area contributed by atoms with Gasteiger partial charge in [-0.25, -0.2) is 4.39 Å². The molecule has 2 saturated heterocycles. The van der Waals surface area contributed by atoms with Gasteiger partial charge in [0.15, 0.2) is 5.78 Å². The summed E-state index contributed by atoms with van der Waals surface area (Å²) in [5, 5.41) is 5.04. The number of rotatable bonds is 3. The minimum Gasteiger partial charge on any atom is -0.343 e. The van der Waals surface area contributed by atoms with Gasteiger partial charge < -0.3 is 10.2 Å². The lowest BCUT2D eigenvalue weighted by Crippen LogP contribution is -2.54. The second-order valence-electron chi connectivity index (χ2n) is 7.23. The van der Waals surface area contributed by atoms with Gasteiger partial charge in [-0.3, -0.25) is 9.59 Å². The number of benzene rings is 2. The molecule has 1 spiro atoms. The summed E-state index contributed by atoms with van der Waals surface area (Å²) in [6.45, 7) is 1.17. The first-order valence-electron chi connectivity index (χ1n) is 9.14. The van der Waals surface area contributed by atoms with Crippen molar-refractivity contribution in [3.05, 3.63) is 58.9 Å². The van der Waals surface area contributed by atoms with Crippen LogP contribution in [0.2, 0.25) is 5.02 Å². The van der Waals surface area contributed by atoms with E-state index in [1.165, 1.54) is 6.07 Å². The third-order valence-electron chi connectivity index (χ3n) is 5.68. The van der Waals surface area contributed by atoms with E-state index in [1.54, 1.807) is 48.6 Å². The van der Waals surface area contributed by atoms with Crippen molar-refractivity contribution in [2.75, 3.05) is 20.2 Å². The Hall–Kier alpha value is -2.28. The van der Waals surface area contributed by atoms with Crippen LogP contribution in [0.3, 0.4) is 0 Å². The SMILES string of the molecule is CON1CCC2(CC1)NC(=O)C(c1ccc(-c3ccc(Cl)cc3F)cc1)C2=O. The van der Waals surface area contributed by atoms with Crippen molar-refractivity contribution in [1.29, 1.82) is 0 Å². The fraction of sp³-hybridized carbons (Fsp3) is 0.333. The molecule has 5 nitrogen and oxygen atoms in total. The first-order valence-corrected chi connectivity index (χ1v) is 9.52. The van der Waals surface area contributed by atoms with E-state index in [1.807, 2.05) is 0 Å². The zero-order valence-electron chi connectivity index (χ0n) is 15.4. The Morgan fingerprint density at radius 1 is 1.14 bits per heavy atom. The molecule has 2 aliphatic heterocycles. The van der Waals surface area contributed by atoms with Crippen LogP contribution in [0.15, 0.2) is 42.5 Å². The van der Waals surface area contributed by atoms with Crippen LogP contribution in [-0.4, -0.2) is 42.5 Å². The first-order chi connectivity index (χ1) is 13.4. The maximum atomic E-state index is 14.1. The van der Waals surface area contributed by atoms with Crippen LogP contribution in [0.25, 0.3) is 11.1 Å². The molecule has 0 bridgehead atoms. The molecule has 4 rings (SSSR count). The number of amides is 1. The molecular weight excluding hydrogens is 383 g/mol. The van der Waals surface area contributed by atoms with E-state index in [-0.39, 0.29) is 11.7 Å². The molecule has 0 aliphatic carbocycles. The number of nitrogens with one attached hydrogen (secondary N) is 1. The average molecular weight is 403 g/mol. The van der Waals surface area contributed by atoms with Gasteiger partial charge >= 0.3 is 0 Å². The normalized spacial score (nSPS) is 21.9. The molecule has 28 heavy (non-hydrogen) atoms. The molecule has 7 heteroatoms. The van der Waals surface area contributed by atoms with Crippen molar-refractivity contribution < 1.29 is 18.8 Å². The van der Waals surface area contributed by atoms with Gasteiger partial charge in [-0.05, 0) is 42.2 Å². The van der Waals surface area contributed by atoms with Crippen LogP contribution in [0.4, 0.5) is 4.39 Å². The van der Waals surface area contributed by atoms with Gasteiger partial charge in [0.2, 0.25) is 5.91 Å². The van der Waals surface area contributed by atoms with Crippen molar-refractivity contribution in [3.63, 3.8) is 0 Å². The van der Waals surface area contributed by atoms with E-state index in [0.717, 1.165) is 0 Å².